The SMILES string of the molecule is O=C(Nc1cc(C(F)(F)F)ccc1Cl)c1cccc(I)c1. The number of benzene rings is 2. The third-order valence-electron chi connectivity index (χ3n) is 2.63. The minimum Gasteiger partial charge on any atom is -0.321 e. The largest absolute Gasteiger partial charge is 0.416 e. The van der Waals surface area contributed by atoms with Crippen molar-refractivity contribution in [3.05, 3.63) is 62.2 Å². The summed E-state index contributed by atoms with van der Waals surface area (Å²) in [7, 11) is 0. The zero-order valence-corrected chi connectivity index (χ0v) is 13.3. The van der Waals surface area contributed by atoms with E-state index in [1.165, 1.54) is 0 Å². The fourth-order valence-corrected chi connectivity index (χ4v) is 2.33. The number of anilines is 1. The van der Waals surface area contributed by atoms with Crippen LogP contribution in [0.2, 0.25) is 5.02 Å². The van der Waals surface area contributed by atoms with E-state index in [1.54, 1.807) is 24.3 Å². The average Bonchev–Trinajstić information content (AvgIpc) is 2.40. The Labute approximate surface area is 137 Å². The Hall–Kier alpha value is -1.28. The molecule has 0 bridgehead atoms. The third kappa shape index (κ3) is 4.10. The number of nitrogens with one attached hydrogen (secondary N) is 1. The molecule has 110 valence electrons. The van der Waals surface area contributed by atoms with E-state index in [1.807, 2.05) is 22.6 Å². The van der Waals surface area contributed by atoms with Crippen LogP contribution in [0.5, 0.6) is 0 Å². The summed E-state index contributed by atoms with van der Waals surface area (Å²) in [6.45, 7) is 0. The van der Waals surface area contributed by atoms with E-state index in [2.05, 4.69) is 5.32 Å². The van der Waals surface area contributed by atoms with Crippen LogP contribution in [0.4, 0.5) is 18.9 Å². The van der Waals surface area contributed by atoms with Crippen LogP contribution in [0.3, 0.4) is 0 Å². The molecule has 0 saturated heterocycles. The molecule has 0 spiro atoms. The maximum atomic E-state index is 12.7. The first kappa shape index (κ1) is 16.1. The minimum absolute atomic E-state index is 0.0435. The van der Waals surface area contributed by atoms with E-state index in [9.17, 15) is 18.0 Å². The number of alkyl halides is 3. The second-order valence-electron chi connectivity index (χ2n) is 4.16. The van der Waals surface area contributed by atoms with Crippen molar-refractivity contribution in [1.82, 2.24) is 0 Å². The lowest BCUT2D eigenvalue weighted by molar-refractivity contribution is -0.137. The Morgan fingerprint density at radius 2 is 1.86 bits per heavy atom. The van der Waals surface area contributed by atoms with E-state index in [0.29, 0.717) is 5.56 Å². The highest BCUT2D eigenvalue weighted by Crippen LogP contribution is 2.33. The monoisotopic (exact) mass is 425 g/mol. The fourth-order valence-electron chi connectivity index (χ4n) is 1.62. The first-order chi connectivity index (χ1) is 9.77. The molecule has 0 aliphatic carbocycles. The van der Waals surface area contributed by atoms with Crippen molar-refractivity contribution in [1.29, 1.82) is 0 Å². The molecule has 7 heteroatoms. The predicted octanol–water partition coefficient (Wildman–Crippen LogP) is 5.22. The van der Waals surface area contributed by atoms with Crippen molar-refractivity contribution in [3.8, 4) is 0 Å². The highest BCUT2D eigenvalue weighted by atomic mass is 127. The molecule has 2 nitrogen and oxygen atoms in total. The summed E-state index contributed by atoms with van der Waals surface area (Å²) in [4.78, 5) is 12.0. The standard InChI is InChI=1S/C14H8ClF3INO/c15-11-5-4-9(14(16,17)18)7-12(11)20-13(21)8-2-1-3-10(19)6-8/h1-7H,(H,20,21). The van der Waals surface area contributed by atoms with Gasteiger partial charge in [0.2, 0.25) is 0 Å². The zero-order chi connectivity index (χ0) is 15.6. The normalized spacial score (nSPS) is 11.3. The van der Waals surface area contributed by atoms with Crippen LogP contribution in [0, 0.1) is 3.57 Å². The van der Waals surface area contributed by atoms with Crippen LogP contribution in [0.1, 0.15) is 15.9 Å². The topological polar surface area (TPSA) is 29.1 Å². The van der Waals surface area contributed by atoms with E-state index in [0.717, 1.165) is 21.8 Å². The molecular weight excluding hydrogens is 418 g/mol. The lowest BCUT2D eigenvalue weighted by Crippen LogP contribution is -2.13. The third-order valence-corrected chi connectivity index (χ3v) is 3.63. The summed E-state index contributed by atoms with van der Waals surface area (Å²) in [6.07, 6.45) is -4.49. The highest BCUT2D eigenvalue weighted by Gasteiger charge is 2.31. The average molecular weight is 426 g/mol. The summed E-state index contributed by atoms with van der Waals surface area (Å²) in [5.74, 6) is -0.519. The molecule has 2 rings (SSSR count). The second kappa shape index (κ2) is 6.23. The van der Waals surface area contributed by atoms with Gasteiger partial charge in [0.15, 0.2) is 0 Å². The highest BCUT2D eigenvalue weighted by molar-refractivity contribution is 14.1. The summed E-state index contributed by atoms with van der Waals surface area (Å²) in [6, 6.07) is 9.46. The summed E-state index contributed by atoms with van der Waals surface area (Å²) in [5, 5.41) is 2.44. The summed E-state index contributed by atoms with van der Waals surface area (Å²) >= 11 is 7.86. The second-order valence-corrected chi connectivity index (χ2v) is 5.81. The molecular formula is C14H8ClF3INO. The Bertz CT molecular complexity index is 688. The quantitative estimate of drug-likeness (QED) is 0.657. The van der Waals surface area contributed by atoms with Crippen molar-refractivity contribution < 1.29 is 18.0 Å². The van der Waals surface area contributed by atoms with Crippen LogP contribution in [0.25, 0.3) is 0 Å². The molecule has 0 saturated carbocycles. The Balaban J connectivity index is 2.29. The van der Waals surface area contributed by atoms with Crippen molar-refractivity contribution in [2.24, 2.45) is 0 Å². The van der Waals surface area contributed by atoms with Crippen LogP contribution in [0.15, 0.2) is 42.5 Å². The van der Waals surface area contributed by atoms with Gasteiger partial charge in [-0.2, -0.15) is 13.2 Å². The first-order valence-electron chi connectivity index (χ1n) is 5.71. The van der Waals surface area contributed by atoms with Crippen molar-refractivity contribution in [3.63, 3.8) is 0 Å². The molecule has 1 N–H and O–H groups in total. The number of rotatable bonds is 2. The first-order valence-corrected chi connectivity index (χ1v) is 7.17. The van der Waals surface area contributed by atoms with Gasteiger partial charge in [-0.3, -0.25) is 4.79 Å². The van der Waals surface area contributed by atoms with Gasteiger partial charge >= 0.3 is 6.18 Å². The Morgan fingerprint density at radius 1 is 1.14 bits per heavy atom. The molecule has 0 heterocycles. The maximum absolute atomic E-state index is 12.7. The van der Waals surface area contributed by atoms with E-state index in [-0.39, 0.29) is 10.7 Å². The number of carbonyl (C=O) groups excluding carboxylic acids is 1. The van der Waals surface area contributed by atoms with Gasteiger partial charge in [-0.05, 0) is 59.0 Å². The lowest BCUT2D eigenvalue weighted by atomic mass is 10.1. The molecule has 1 amide bonds. The van der Waals surface area contributed by atoms with E-state index in [4.69, 9.17) is 11.6 Å². The Kier molecular flexibility index (Phi) is 4.77. The van der Waals surface area contributed by atoms with Gasteiger partial charge < -0.3 is 5.32 Å². The van der Waals surface area contributed by atoms with Crippen LogP contribution in [-0.4, -0.2) is 5.91 Å². The molecule has 0 radical (unpaired) electrons. The molecule has 21 heavy (non-hydrogen) atoms. The fraction of sp³-hybridized carbons (Fsp3) is 0.0714. The van der Waals surface area contributed by atoms with E-state index < -0.39 is 17.6 Å². The molecule has 2 aromatic rings. The van der Waals surface area contributed by atoms with Gasteiger partial charge in [0.1, 0.15) is 0 Å². The zero-order valence-electron chi connectivity index (χ0n) is 10.3. The summed E-state index contributed by atoms with van der Waals surface area (Å²) in [5.41, 5.74) is -0.601. The Morgan fingerprint density at radius 3 is 2.48 bits per heavy atom. The van der Waals surface area contributed by atoms with Crippen LogP contribution < -0.4 is 5.32 Å². The molecule has 0 aliphatic heterocycles. The lowest BCUT2D eigenvalue weighted by Gasteiger charge is -2.11. The van der Waals surface area contributed by atoms with Gasteiger partial charge in [-0.25, -0.2) is 0 Å². The molecule has 0 atom stereocenters. The smallest absolute Gasteiger partial charge is 0.321 e. The number of amides is 1. The number of hydrogen-bond donors (Lipinski definition) is 1. The summed E-state index contributed by atoms with van der Waals surface area (Å²) < 4.78 is 38.8. The molecule has 2 aromatic carbocycles. The van der Waals surface area contributed by atoms with Gasteiger partial charge in [0.25, 0.3) is 5.91 Å². The molecule has 0 fully saturated rings. The van der Waals surface area contributed by atoms with Crippen molar-refractivity contribution in [2.45, 2.75) is 6.18 Å². The molecule has 0 aliphatic rings. The maximum Gasteiger partial charge on any atom is 0.416 e. The van der Waals surface area contributed by atoms with Crippen LogP contribution in [-0.2, 0) is 6.18 Å². The van der Waals surface area contributed by atoms with Crippen molar-refractivity contribution in [2.75, 3.05) is 5.32 Å². The van der Waals surface area contributed by atoms with Gasteiger partial charge in [-0.15, -0.1) is 0 Å². The van der Waals surface area contributed by atoms with Gasteiger partial charge in [0.05, 0.1) is 16.3 Å². The number of hydrogen-bond acceptors (Lipinski definition) is 1. The van der Waals surface area contributed by atoms with E-state index >= 15 is 0 Å². The van der Waals surface area contributed by atoms with Crippen LogP contribution >= 0.6 is 34.2 Å². The number of carbonyl (C=O) groups is 1. The van der Waals surface area contributed by atoms with Gasteiger partial charge in [-0.1, -0.05) is 17.7 Å². The van der Waals surface area contributed by atoms with Crippen molar-refractivity contribution >= 4 is 45.8 Å². The molecule has 0 unspecified atom stereocenters. The van der Waals surface area contributed by atoms with Gasteiger partial charge in [0, 0.05) is 9.13 Å². The molecule has 0 aromatic heterocycles. The number of halogens is 5. The minimum atomic E-state index is -4.49. The predicted molar refractivity (Wildman–Crippen MR) is 83.6 cm³/mol.